The Morgan fingerprint density at radius 1 is 1.28 bits per heavy atom. The summed E-state index contributed by atoms with van der Waals surface area (Å²) in [7, 11) is 0. The molecule has 1 aromatic heterocycles. The van der Waals surface area contributed by atoms with E-state index in [-0.39, 0.29) is 11.9 Å². The van der Waals surface area contributed by atoms with Gasteiger partial charge in [-0.3, -0.25) is 9.78 Å². The Morgan fingerprint density at radius 2 is 2.04 bits per heavy atom. The normalized spacial score (nSPS) is 15.0. The number of thioether (sulfide) groups is 1. The van der Waals surface area contributed by atoms with Crippen LogP contribution in [0.4, 0.5) is 0 Å². The second-order valence-corrected chi connectivity index (χ2v) is 7.97. The van der Waals surface area contributed by atoms with E-state index in [9.17, 15) is 4.79 Å². The summed E-state index contributed by atoms with van der Waals surface area (Å²) >= 11 is 7.67. The first-order valence-corrected chi connectivity index (χ1v) is 10.1. The number of rotatable bonds is 8. The number of carbonyl (C=O) groups is 1. The second-order valence-electron chi connectivity index (χ2n) is 6.37. The average Bonchev–Trinajstić information content (AvgIpc) is 3.46. The summed E-state index contributed by atoms with van der Waals surface area (Å²) in [5.74, 6) is 1.18. The van der Waals surface area contributed by atoms with Crippen LogP contribution in [0.25, 0.3) is 0 Å². The van der Waals surface area contributed by atoms with E-state index in [0.29, 0.717) is 12.5 Å². The molecule has 1 unspecified atom stereocenters. The maximum Gasteiger partial charge on any atom is 0.223 e. The Kier molecular flexibility index (Phi) is 6.38. The Hall–Kier alpha value is -1.52. The predicted octanol–water partition coefficient (Wildman–Crippen LogP) is 5.36. The van der Waals surface area contributed by atoms with Crippen LogP contribution < -0.4 is 0 Å². The number of aromatic nitrogens is 1. The lowest BCUT2D eigenvalue weighted by molar-refractivity contribution is -0.134. The minimum absolute atomic E-state index is 0.0464. The standard InChI is InChI=1S/C20H23ClN2OS/c1-15(19-5-2-3-13-22-19)23(17-9-10-17)20(24)6-4-14-25-18-11-7-16(21)8-12-18/h2-3,5,7-8,11-13,15,17H,4,6,9-10,14H2,1H3. The Bertz CT molecular complexity index is 689. The summed E-state index contributed by atoms with van der Waals surface area (Å²) in [6.45, 7) is 2.08. The number of halogens is 1. The minimum atomic E-state index is 0.0464. The summed E-state index contributed by atoms with van der Waals surface area (Å²) < 4.78 is 0. The van der Waals surface area contributed by atoms with Crippen LogP contribution in [0.15, 0.2) is 53.6 Å². The van der Waals surface area contributed by atoms with Gasteiger partial charge >= 0.3 is 0 Å². The number of hydrogen-bond acceptors (Lipinski definition) is 3. The first-order chi connectivity index (χ1) is 12.1. The lowest BCUT2D eigenvalue weighted by Crippen LogP contribution is -2.35. The highest BCUT2D eigenvalue weighted by Gasteiger charge is 2.36. The molecule has 1 aliphatic rings. The van der Waals surface area contributed by atoms with Crippen molar-refractivity contribution in [3.05, 3.63) is 59.4 Å². The molecule has 1 aromatic carbocycles. The van der Waals surface area contributed by atoms with Crippen molar-refractivity contribution in [1.82, 2.24) is 9.88 Å². The van der Waals surface area contributed by atoms with E-state index >= 15 is 0 Å². The van der Waals surface area contributed by atoms with E-state index in [1.165, 1.54) is 4.90 Å². The van der Waals surface area contributed by atoms with Gasteiger partial charge in [0.2, 0.25) is 5.91 Å². The van der Waals surface area contributed by atoms with E-state index in [1.807, 2.05) is 42.5 Å². The SMILES string of the molecule is CC(c1ccccn1)N(C(=O)CCCSc1ccc(Cl)cc1)C1CC1. The Balaban J connectivity index is 1.50. The highest BCUT2D eigenvalue weighted by atomic mass is 35.5. The van der Waals surface area contributed by atoms with Gasteiger partial charge < -0.3 is 4.90 Å². The quantitative estimate of drug-likeness (QED) is 0.460. The van der Waals surface area contributed by atoms with Crippen LogP contribution in [0.5, 0.6) is 0 Å². The molecule has 1 atom stereocenters. The van der Waals surface area contributed by atoms with Gasteiger partial charge in [0, 0.05) is 28.6 Å². The van der Waals surface area contributed by atoms with E-state index in [1.54, 1.807) is 18.0 Å². The molecule has 0 aliphatic heterocycles. The van der Waals surface area contributed by atoms with E-state index in [2.05, 4.69) is 16.8 Å². The van der Waals surface area contributed by atoms with Crippen molar-refractivity contribution in [2.24, 2.45) is 0 Å². The first kappa shape index (κ1) is 18.3. The Morgan fingerprint density at radius 3 is 2.68 bits per heavy atom. The highest BCUT2D eigenvalue weighted by molar-refractivity contribution is 7.99. The van der Waals surface area contributed by atoms with Gasteiger partial charge in [0.05, 0.1) is 11.7 Å². The maximum atomic E-state index is 12.8. The topological polar surface area (TPSA) is 33.2 Å². The second kappa shape index (κ2) is 8.72. The smallest absolute Gasteiger partial charge is 0.223 e. The maximum absolute atomic E-state index is 12.8. The Labute approximate surface area is 158 Å². The van der Waals surface area contributed by atoms with Crippen molar-refractivity contribution in [2.75, 3.05) is 5.75 Å². The monoisotopic (exact) mass is 374 g/mol. The third-order valence-electron chi connectivity index (χ3n) is 4.38. The van der Waals surface area contributed by atoms with Crippen molar-refractivity contribution >= 4 is 29.3 Å². The number of pyridine rings is 1. The van der Waals surface area contributed by atoms with Crippen molar-refractivity contribution < 1.29 is 4.79 Å². The highest BCUT2D eigenvalue weighted by Crippen LogP contribution is 2.34. The van der Waals surface area contributed by atoms with Gasteiger partial charge in [0.25, 0.3) is 0 Å². The fourth-order valence-corrected chi connectivity index (χ4v) is 3.91. The van der Waals surface area contributed by atoms with Crippen LogP contribution >= 0.6 is 23.4 Å². The average molecular weight is 375 g/mol. The molecule has 0 bridgehead atoms. The molecule has 1 fully saturated rings. The van der Waals surface area contributed by atoms with E-state index in [4.69, 9.17) is 11.6 Å². The molecular weight excluding hydrogens is 352 g/mol. The zero-order chi connectivity index (χ0) is 17.6. The molecule has 2 aromatic rings. The number of hydrogen-bond donors (Lipinski definition) is 0. The zero-order valence-electron chi connectivity index (χ0n) is 14.4. The molecule has 25 heavy (non-hydrogen) atoms. The molecule has 132 valence electrons. The van der Waals surface area contributed by atoms with Crippen molar-refractivity contribution in [3.63, 3.8) is 0 Å². The van der Waals surface area contributed by atoms with Gasteiger partial charge in [0.1, 0.15) is 0 Å². The molecule has 0 radical (unpaired) electrons. The van der Waals surface area contributed by atoms with Gasteiger partial charge in [-0.15, -0.1) is 11.8 Å². The molecule has 1 aliphatic carbocycles. The number of carbonyl (C=O) groups excluding carboxylic acids is 1. The fourth-order valence-electron chi connectivity index (χ4n) is 2.93. The van der Waals surface area contributed by atoms with Crippen LogP contribution in [-0.4, -0.2) is 27.6 Å². The molecule has 1 saturated carbocycles. The van der Waals surface area contributed by atoms with Crippen LogP contribution in [-0.2, 0) is 4.79 Å². The van der Waals surface area contributed by atoms with Crippen molar-refractivity contribution in [2.45, 2.75) is 49.6 Å². The first-order valence-electron chi connectivity index (χ1n) is 8.75. The molecule has 5 heteroatoms. The van der Waals surface area contributed by atoms with Crippen LogP contribution in [0.1, 0.15) is 44.3 Å². The van der Waals surface area contributed by atoms with E-state index in [0.717, 1.165) is 35.7 Å². The summed E-state index contributed by atoms with van der Waals surface area (Å²) in [4.78, 5) is 20.4. The third kappa shape index (κ3) is 5.23. The van der Waals surface area contributed by atoms with Crippen LogP contribution in [0, 0.1) is 0 Å². The summed E-state index contributed by atoms with van der Waals surface area (Å²) in [6.07, 6.45) is 5.49. The number of amides is 1. The predicted molar refractivity (Wildman–Crippen MR) is 104 cm³/mol. The van der Waals surface area contributed by atoms with Crippen molar-refractivity contribution in [1.29, 1.82) is 0 Å². The molecular formula is C20H23ClN2OS. The molecule has 3 rings (SSSR count). The van der Waals surface area contributed by atoms with E-state index < -0.39 is 0 Å². The molecule has 0 saturated heterocycles. The molecule has 1 heterocycles. The van der Waals surface area contributed by atoms with Gasteiger partial charge in [0.15, 0.2) is 0 Å². The molecule has 3 nitrogen and oxygen atoms in total. The van der Waals surface area contributed by atoms with Gasteiger partial charge in [-0.25, -0.2) is 0 Å². The largest absolute Gasteiger partial charge is 0.331 e. The summed E-state index contributed by atoms with van der Waals surface area (Å²) in [5, 5.41) is 0.753. The van der Waals surface area contributed by atoms with Crippen LogP contribution in [0.3, 0.4) is 0 Å². The van der Waals surface area contributed by atoms with Crippen molar-refractivity contribution in [3.8, 4) is 0 Å². The summed E-state index contributed by atoms with van der Waals surface area (Å²) in [6, 6.07) is 14.2. The van der Waals surface area contributed by atoms with Gasteiger partial charge in [-0.05, 0) is 68.3 Å². The zero-order valence-corrected chi connectivity index (χ0v) is 16.0. The molecule has 0 N–H and O–H groups in total. The minimum Gasteiger partial charge on any atom is -0.331 e. The lowest BCUT2D eigenvalue weighted by atomic mass is 10.1. The molecule has 1 amide bonds. The summed E-state index contributed by atoms with van der Waals surface area (Å²) in [5.41, 5.74) is 0.971. The number of benzene rings is 1. The fraction of sp³-hybridized carbons (Fsp3) is 0.400. The van der Waals surface area contributed by atoms with Gasteiger partial charge in [-0.1, -0.05) is 17.7 Å². The number of nitrogens with zero attached hydrogens (tertiary/aromatic N) is 2. The molecule has 0 spiro atoms. The third-order valence-corrected chi connectivity index (χ3v) is 5.73. The lowest BCUT2D eigenvalue weighted by Gasteiger charge is -2.29. The van der Waals surface area contributed by atoms with Crippen LogP contribution in [0.2, 0.25) is 5.02 Å². The van der Waals surface area contributed by atoms with Gasteiger partial charge in [-0.2, -0.15) is 0 Å².